The average molecular weight is 216 g/mol. The van der Waals surface area contributed by atoms with Crippen LogP contribution in [0.5, 0.6) is 0 Å². The maximum atomic E-state index is 12.7. The van der Waals surface area contributed by atoms with Crippen molar-refractivity contribution in [2.24, 2.45) is 0 Å². The number of hydrogen-bond acceptors (Lipinski definition) is 3. The molecule has 82 valence electrons. The third-order valence-electron chi connectivity index (χ3n) is 1.68. The molecule has 0 aliphatic heterocycles. The Kier molecular flexibility index (Phi) is 4.17. The molecular weight excluding hydrogens is 206 g/mol. The molecule has 0 aromatic heterocycles. The van der Waals surface area contributed by atoms with Gasteiger partial charge in [0, 0.05) is 7.11 Å². The maximum absolute atomic E-state index is 12.7. The predicted molar refractivity (Wildman–Crippen MR) is 48.5 cm³/mol. The van der Waals surface area contributed by atoms with Crippen LogP contribution in [0.1, 0.15) is 10.4 Å². The Labute approximate surface area is 85.6 Å². The number of rotatable bonds is 4. The second-order valence-corrected chi connectivity index (χ2v) is 2.76. The highest BCUT2D eigenvalue weighted by Gasteiger charge is 2.10. The summed E-state index contributed by atoms with van der Waals surface area (Å²) < 4.78 is 34.6. The van der Waals surface area contributed by atoms with E-state index in [-0.39, 0.29) is 18.8 Å². The van der Waals surface area contributed by atoms with Crippen LogP contribution in [0, 0.1) is 11.6 Å². The fraction of sp³-hybridized carbons (Fsp3) is 0.300. The Morgan fingerprint density at radius 3 is 2.60 bits per heavy atom. The van der Waals surface area contributed by atoms with Gasteiger partial charge in [-0.05, 0) is 18.2 Å². The molecular formula is C10H10F2O3. The second-order valence-electron chi connectivity index (χ2n) is 2.76. The zero-order valence-corrected chi connectivity index (χ0v) is 8.13. The molecule has 15 heavy (non-hydrogen) atoms. The molecule has 0 saturated carbocycles. The topological polar surface area (TPSA) is 35.5 Å². The van der Waals surface area contributed by atoms with Crippen LogP contribution in [-0.4, -0.2) is 26.3 Å². The van der Waals surface area contributed by atoms with E-state index in [1.165, 1.54) is 7.11 Å². The van der Waals surface area contributed by atoms with Crippen molar-refractivity contribution < 1.29 is 23.0 Å². The fourth-order valence-electron chi connectivity index (χ4n) is 0.924. The Morgan fingerprint density at radius 1 is 1.27 bits per heavy atom. The molecule has 0 aliphatic rings. The first-order valence-corrected chi connectivity index (χ1v) is 4.26. The molecule has 0 aliphatic carbocycles. The van der Waals surface area contributed by atoms with Crippen LogP contribution >= 0.6 is 0 Å². The Morgan fingerprint density at radius 2 is 2.00 bits per heavy atom. The minimum atomic E-state index is -1.07. The van der Waals surface area contributed by atoms with E-state index in [0.717, 1.165) is 18.2 Å². The maximum Gasteiger partial charge on any atom is 0.338 e. The molecule has 0 saturated heterocycles. The standard InChI is InChI=1S/C10H10F2O3/c1-14-4-5-15-10(13)7-2-3-8(11)9(12)6-7/h2-3,6H,4-5H2,1H3. The quantitative estimate of drug-likeness (QED) is 0.568. The minimum Gasteiger partial charge on any atom is -0.460 e. The monoisotopic (exact) mass is 216 g/mol. The second kappa shape index (κ2) is 5.41. The number of methoxy groups -OCH3 is 1. The zero-order valence-electron chi connectivity index (χ0n) is 8.13. The van der Waals surface area contributed by atoms with E-state index in [4.69, 9.17) is 4.74 Å². The third kappa shape index (κ3) is 3.28. The van der Waals surface area contributed by atoms with Gasteiger partial charge in [-0.25, -0.2) is 13.6 Å². The molecule has 1 aromatic carbocycles. The van der Waals surface area contributed by atoms with Gasteiger partial charge in [-0.3, -0.25) is 0 Å². The van der Waals surface area contributed by atoms with Crippen LogP contribution < -0.4 is 0 Å². The van der Waals surface area contributed by atoms with E-state index in [0.29, 0.717) is 0 Å². The normalized spacial score (nSPS) is 10.1. The predicted octanol–water partition coefficient (Wildman–Crippen LogP) is 1.77. The number of halogens is 2. The van der Waals surface area contributed by atoms with E-state index in [1.54, 1.807) is 0 Å². The molecule has 0 amide bonds. The lowest BCUT2D eigenvalue weighted by Crippen LogP contribution is -2.10. The van der Waals surface area contributed by atoms with E-state index < -0.39 is 17.6 Å². The van der Waals surface area contributed by atoms with Gasteiger partial charge >= 0.3 is 5.97 Å². The fourth-order valence-corrected chi connectivity index (χ4v) is 0.924. The van der Waals surface area contributed by atoms with Crippen LogP contribution in [0.15, 0.2) is 18.2 Å². The van der Waals surface area contributed by atoms with Gasteiger partial charge in [-0.1, -0.05) is 0 Å². The van der Waals surface area contributed by atoms with Crippen LogP contribution in [0.4, 0.5) is 8.78 Å². The summed E-state index contributed by atoms with van der Waals surface area (Å²) in [4.78, 5) is 11.2. The smallest absolute Gasteiger partial charge is 0.338 e. The molecule has 0 heterocycles. The van der Waals surface area contributed by atoms with Crippen LogP contribution in [-0.2, 0) is 9.47 Å². The highest BCUT2D eigenvalue weighted by molar-refractivity contribution is 5.89. The summed E-state index contributed by atoms with van der Waals surface area (Å²) in [5.41, 5.74) is -0.0231. The Balaban J connectivity index is 2.62. The van der Waals surface area contributed by atoms with E-state index in [1.807, 2.05) is 0 Å². The molecule has 3 nitrogen and oxygen atoms in total. The van der Waals surface area contributed by atoms with Gasteiger partial charge in [-0.15, -0.1) is 0 Å². The molecule has 0 radical (unpaired) electrons. The zero-order chi connectivity index (χ0) is 11.3. The summed E-state index contributed by atoms with van der Waals surface area (Å²) in [5.74, 6) is -2.77. The first-order chi connectivity index (χ1) is 7.15. The summed E-state index contributed by atoms with van der Waals surface area (Å²) in [7, 11) is 1.46. The molecule has 5 heteroatoms. The van der Waals surface area contributed by atoms with Crippen molar-refractivity contribution in [3.8, 4) is 0 Å². The van der Waals surface area contributed by atoms with Crippen molar-refractivity contribution in [3.63, 3.8) is 0 Å². The summed E-state index contributed by atoms with van der Waals surface area (Å²) in [6, 6.07) is 2.83. The van der Waals surface area contributed by atoms with Gasteiger partial charge in [0.2, 0.25) is 0 Å². The summed E-state index contributed by atoms with van der Waals surface area (Å²) >= 11 is 0. The van der Waals surface area contributed by atoms with E-state index >= 15 is 0 Å². The SMILES string of the molecule is COCCOC(=O)c1ccc(F)c(F)c1. The molecule has 1 aromatic rings. The third-order valence-corrected chi connectivity index (χ3v) is 1.68. The first kappa shape index (κ1) is 11.6. The van der Waals surface area contributed by atoms with Crippen LogP contribution in [0.2, 0.25) is 0 Å². The number of benzene rings is 1. The van der Waals surface area contributed by atoms with Crippen molar-refractivity contribution in [1.29, 1.82) is 0 Å². The number of carbonyl (C=O) groups is 1. The lowest BCUT2D eigenvalue weighted by atomic mass is 10.2. The van der Waals surface area contributed by atoms with Crippen LogP contribution in [0.3, 0.4) is 0 Å². The van der Waals surface area contributed by atoms with Gasteiger partial charge in [0.25, 0.3) is 0 Å². The van der Waals surface area contributed by atoms with Gasteiger partial charge in [0.15, 0.2) is 11.6 Å². The van der Waals surface area contributed by atoms with Gasteiger partial charge < -0.3 is 9.47 Å². The lowest BCUT2D eigenvalue weighted by molar-refractivity contribution is 0.0387. The summed E-state index contributed by atoms with van der Waals surface area (Å²) in [5, 5.41) is 0. The average Bonchev–Trinajstić information content (AvgIpc) is 2.22. The highest BCUT2D eigenvalue weighted by atomic mass is 19.2. The summed E-state index contributed by atoms with van der Waals surface area (Å²) in [6.45, 7) is 0.337. The van der Waals surface area contributed by atoms with Crippen molar-refractivity contribution >= 4 is 5.97 Å². The first-order valence-electron chi connectivity index (χ1n) is 4.26. The van der Waals surface area contributed by atoms with Crippen molar-refractivity contribution in [2.75, 3.05) is 20.3 Å². The molecule has 1 rings (SSSR count). The van der Waals surface area contributed by atoms with Gasteiger partial charge in [0.1, 0.15) is 6.61 Å². The molecule has 0 unspecified atom stereocenters. The summed E-state index contributed by atoms with van der Waals surface area (Å²) in [6.07, 6.45) is 0. The molecule has 0 fully saturated rings. The number of carbonyl (C=O) groups excluding carboxylic acids is 1. The Bertz CT molecular complexity index is 353. The molecule has 0 spiro atoms. The highest BCUT2D eigenvalue weighted by Crippen LogP contribution is 2.09. The molecule has 0 atom stereocenters. The molecule has 0 N–H and O–H groups in total. The number of ether oxygens (including phenoxy) is 2. The number of esters is 1. The number of hydrogen-bond donors (Lipinski definition) is 0. The van der Waals surface area contributed by atoms with Crippen LogP contribution in [0.25, 0.3) is 0 Å². The largest absolute Gasteiger partial charge is 0.460 e. The lowest BCUT2D eigenvalue weighted by Gasteiger charge is -2.03. The van der Waals surface area contributed by atoms with E-state index in [9.17, 15) is 13.6 Å². The minimum absolute atomic E-state index is 0.0231. The van der Waals surface area contributed by atoms with E-state index in [2.05, 4.69) is 4.74 Å². The van der Waals surface area contributed by atoms with Crippen molar-refractivity contribution in [3.05, 3.63) is 35.4 Å². The van der Waals surface area contributed by atoms with Gasteiger partial charge in [0.05, 0.1) is 12.2 Å². The molecule has 0 bridgehead atoms. The van der Waals surface area contributed by atoms with Gasteiger partial charge in [-0.2, -0.15) is 0 Å². The van der Waals surface area contributed by atoms with Crippen molar-refractivity contribution in [1.82, 2.24) is 0 Å². The Hall–Kier alpha value is -1.49. The van der Waals surface area contributed by atoms with Crippen molar-refractivity contribution in [2.45, 2.75) is 0 Å².